The second kappa shape index (κ2) is 6.88. The van der Waals surface area contributed by atoms with Crippen LogP contribution in [0, 0.1) is 23.5 Å². The molecule has 0 saturated carbocycles. The van der Waals surface area contributed by atoms with Gasteiger partial charge in [0.15, 0.2) is 5.01 Å². The Morgan fingerprint density at radius 3 is 2.52 bits per heavy atom. The van der Waals surface area contributed by atoms with Crippen molar-refractivity contribution in [3.8, 4) is 11.8 Å². The Bertz CT molecular complexity index is 765. The fourth-order valence-electron chi connectivity index (χ4n) is 2.42. The van der Waals surface area contributed by atoms with E-state index in [1.165, 1.54) is 12.3 Å². The number of hydrogen-bond donors (Lipinski definition) is 0. The number of piperidine rings is 1. The predicted octanol–water partition coefficient (Wildman–Crippen LogP) is 3.45. The van der Waals surface area contributed by atoms with E-state index in [0.717, 1.165) is 55.8 Å². The Balaban J connectivity index is 1.78. The van der Waals surface area contributed by atoms with E-state index in [4.69, 9.17) is 0 Å². The second-order valence-corrected chi connectivity index (χ2v) is 6.26. The van der Waals surface area contributed by atoms with Gasteiger partial charge in [0.05, 0.1) is 11.8 Å². The summed E-state index contributed by atoms with van der Waals surface area (Å²) in [5.41, 5.74) is -0.286. The predicted molar refractivity (Wildman–Crippen MR) is 84.2 cm³/mol. The minimum absolute atomic E-state index is 0.0488. The number of nitrogens with zero attached hydrogens (tertiary/aromatic N) is 2. The Hall–Kier alpha value is -2.26. The highest BCUT2D eigenvalue weighted by Crippen LogP contribution is 2.18. The standard InChI is InChI=1S/C17H14F2N2OS/c18-13-5-4-6-14(19)12(13)7-8-16-20-11-15(23-16)17(22)21-9-2-1-3-10-21/h4-6,11H,1-3,9-10H2. The average molecular weight is 332 g/mol. The van der Waals surface area contributed by atoms with Crippen LogP contribution in [0.5, 0.6) is 0 Å². The highest BCUT2D eigenvalue weighted by molar-refractivity contribution is 7.14. The van der Waals surface area contributed by atoms with E-state index < -0.39 is 11.6 Å². The quantitative estimate of drug-likeness (QED) is 0.750. The number of halogens is 2. The number of hydrogen-bond acceptors (Lipinski definition) is 3. The van der Waals surface area contributed by atoms with Crippen molar-refractivity contribution in [3.63, 3.8) is 0 Å². The smallest absolute Gasteiger partial charge is 0.265 e. The molecule has 0 bridgehead atoms. The largest absolute Gasteiger partial charge is 0.338 e. The van der Waals surface area contributed by atoms with E-state index in [-0.39, 0.29) is 11.5 Å². The summed E-state index contributed by atoms with van der Waals surface area (Å²) in [6.07, 6.45) is 4.66. The molecule has 6 heteroatoms. The number of thiazole rings is 1. The molecule has 0 unspecified atom stereocenters. The van der Waals surface area contributed by atoms with Gasteiger partial charge in [-0.25, -0.2) is 13.8 Å². The minimum atomic E-state index is -0.710. The molecule has 2 aromatic rings. The maximum atomic E-state index is 13.5. The van der Waals surface area contributed by atoms with Gasteiger partial charge in [-0.2, -0.15) is 0 Å². The molecule has 1 fully saturated rings. The van der Waals surface area contributed by atoms with Crippen molar-refractivity contribution in [1.29, 1.82) is 0 Å². The van der Waals surface area contributed by atoms with E-state index in [1.54, 1.807) is 0 Å². The summed E-state index contributed by atoms with van der Waals surface area (Å²) in [6, 6.07) is 3.59. The molecule has 1 saturated heterocycles. The van der Waals surface area contributed by atoms with Gasteiger partial charge in [-0.3, -0.25) is 4.79 Å². The summed E-state index contributed by atoms with van der Waals surface area (Å²) in [4.78, 5) is 18.7. The molecule has 1 aromatic heterocycles. The van der Waals surface area contributed by atoms with Crippen LogP contribution in [0.2, 0.25) is 0 Å². The van der Waals surface area contributed by atoms with E-state index in [9.17, 15) is 13.6 Å². The van der Waals surface area contributed by atoms with Crippen molar-refractivity contribution in [2.75, 3.05) is 13.1 Å². The van der Waals surface area contributed by atoms with Crippen LogP contribution in [0.15, 0.2) is 24.4 Å². The number of aromatic nitrogens is 1. The van der Waals surface area contributed by atoms with Gasteiger partial charge in [-0.1, -0.05) is 12.0 Å². The van der Waals surface area contributed by atoms with Crippen molar-refractivity contribution >= 4 is 17.2 Å². The molecule has 0 atom stereocenters. The van der Waals surface area contributed by atoms with Crippen molar-refractivity contribution < 1.29 is 13.6 Å². The van der Waals surface area contributed by atoms with Crippen LogP contribution in [-0.4, -0.2) is 28.9 Å². The van der Waals surface area contributed by atoms with Crippen LogP contribution in [0.1, 0.15) is 39.5 Å². The second-order valence-electron chi connectivity index (χ2n) is 5.23. The van der Waals surface area contributed by atoms with Crippen molar-refractivity contribution in [3.05, 3.63) is 51.5 Å². The lowest BCUT2D eigenvalue weighted by molar-refractivity contribution is 0.0729. The summed E-state index contributed by atoms with van der Waals surface area (Å²) >= 11 is 1.14. The molecule has 0 spiro atoms. The maximum Gasteiger partial charge on any atom is 0.265 e. The molecular formula is C17H14F2N2OS. The zero-order valence-corrected chi connectivity index (χ0v) is 13.1. The van der Waals surface area contributed by atoms with Crippen LogP contribution in [0.3, 0.4) is 0 Å². The van der Waals surface area contributed by atoms with Crippen molar-refractivity contribution in [2.24, 2.45) is 0 Å². The van der Waals surface area contributed by atoms with Gasteiger partial charge in [0.1, 0.15) is 16.5 Å². The molecule has 3 nitrogen and oxygen atoms in total. The van der Waals surface area contributed by atoms with Crippen LogP contribution < -0.4 is 0 Å². The van der Waals surface area contributed by atoms with Gasteiger partial charge in [-0.15, -0.1) is 11.3 Å². The molecule has 2 heterocycles. The molecule has 118 valence electrons. The summed E-state index contributed by atoms with van der Waals surface area (Å²) in [5.74, 6) is 3.61. The Morgan fingerprint density at radius 1 is 1.13 bits per heavy atom. The van der Waals surface area contributed by atoms with E-state index in [2.05, 4.69) is 16.8 Å². The number of carbonyl (C=O) groups is 1. The van der Waals surface area contributed by atoms with Gasteiger partial charge in [0, 0.05) is 13.1 Å². The van der Waals surface area contributed by atoms with Crippen LogP contribution in [0.4, 0.5) is 8.78 Å². The Labute approximate surface area is 137 Å². The topological polar surface area (TPSA) is 33.2 Å². The lowest BCUT2D eigenvalue weighted by Gasteiger charge is -2.25. The first-order chi connectivity index (χ1) is 11.1. The Kier molecular flexibility index (Phi) is 4.68. The lowest BCUT2D eigenvalue weighted by Crippen LogP contribution is -2.35. The van der Waals surface area contributed by atoms with Crippen molar-refractivity contribution in [1.82, 2.24) is 9.88 Å². The molecule has 0 N–H and O–H groups in total. The average Bonchev–Trinajstić information content (AvgIpc) is 3.03. The van der Waals surface area contributed by atoms with Gasteiger partial charge in [0.2, 0.25) is 0 Å². The minimum Gasteiger partial charge on any atom is -0.338 e. The fraction of sp³-hybridized carbons (Fsp3) is 0.294. The zero-order chi connectivity index (χ0) is 16.2. The first kappa shape index (κ1) is 15.6. The van der Waals surface area contributed by atoms with E-state index in [1.807, 2.05) is 4.90 Å². The number of carbonyl (C=O) groups excluding carboxylic acids is 1. The fourth-order valence-corrected chi connectivity index (χ4v) is 3.15. The van der Waals surface area contributed by atoms with Crippen molar-refractivity contribution in [2.45, 2.75) is 19.3 Å². The molecule has 0 radical (unpaired) electrons. The molecule has 1 aliphatic heterocycles. The van der Waals surface area contributed by atoms with Gasteiger partial charge in [0.25, 0.3) is 5.91 Å². The van der Waals surface area contributed by atoms with Crippen LogP contribution in [0.25, 0.3) is 0 Å². The molecule has 1 aliphatic rings. The van der Waals surface area contributed by atoms with Crippen LogP contribution in [-0.2, 0) is 0 Å². The first-order valence-corrected chi connectivity index (χ1v) is 8.18. The van der Waals surface area contributed by atoms with Gasteiger partial charge < -0.3 is 4.90 Å². The third-order valence-electron chi connectivity index (χ3n) is 3.62. The highest BCUT2D eigenvalue weighted by Gasteiger charge is 2.20. The molecule has 1 aromatic carbocycles. The monoisotopic (exact) mass is 332 g/mol. The summed E-state index contributed by atoms with van der Waals surface area (Å²) in [7, 11) is 0. The molecular weight excluding hydrogens is 318 g/mol. The summed E-state index contributed by atoms with van der Waals surface area (Å²) in [6.45, 7) is 1.52. The highest BCUT2D eigenvalue weighted by atomic mass is 32.1. The molecule has 3 rings (SSSR count). The Morgan fingerprint density at radius 2 is 1.83 bits per heavy atom. The normalized spacial score (nSPS) is 14.3. The number of likely N-dealkylation sites (tertiary alicyclic amines) is 1. The third kappa shape index (κ3) is 3.57. The maximum absolute atomic E-state index is 13.5. The van der Waals surface area contributed by atoms with E-state index >= 15 is 0 Å². The summed E-state index contributed by atoms with van der Waals surface area (Å²) in [5, 5.41) is 0.369. The van der Waals surface area contributed by atoms with E-state index in [0.29, 0.717) is 9.88 Å². The molecule has 23 heavy (non-hydrogen) atoms. The molecule has 1 amide bonds. The SMILES string of the molecule is O=C(c1cnc(C#Cc2c(F)cccc2F)s1)N1CCCCC1. The van der Waals surface area contributed by atoms with Crippen LogP contribution >= 0.6 is 11.3 Å². The first-order valence-electron chi connectivity index (χ1n) is 7.36. The number of benzene rings is 1. The van der Waals surface area contributed by atoms with Gasteiger partial charge in [-0.05, 0) is 37.3 Å². The zero-order valence-electron chi connectivity index (χ0n) is 12.3. The number of amides is 1. The lowest BCUT2D eigenvalue weighted by atomic mass is 10.1. The number of rotatable bonds is 1. The molecule has 0 aliphatic carbocycles. The van der Waals surface area contributed by atoms with Gasteiger partial charge >= 0.3 is 0 Å². The third-order valence-corrected chi connectivity index (χ3v) is 4.52. The summed E-state index contributed by atoms with van der Waals surface area (Å²) < 4.78 is 27.0.